The van der Waals surface area contributed by atoms with Crippen molar-refractivity contribution in [3.8, 4) is 0 Å². The van der Waals surface area contributed by atoms with E-state index in [2.05, 4.69) is 5.32 Å². The van der Waals surface area contributed by atoms with Crippen LogP contribution in [0.4, 0.5) is 20.6 Å². The van der Waals surface area contributed by atoms with Crippen LogP contribution in [0.1, 0.15) is 54.6 Å². The second-order valence-corrected chi connectivity index (χ2v) is 10.9. The van der Waals surface area contributed by atoms with Gasteiger partial charge in [0.05, 0.1) is 28.2 Å². The Morgan fingerprint density at radius 1 is 1.26 bits per heavy atom. The molecule has 3 heterocycles. The highest BCUT2D eigenvalue weighted by Gasteiger charge is 2.32. The molecule has 0 aliphatic carbocycles. The third-order valence-corrected chi connectivity index (χ3v) is 7.93. The number of anilines is 2. The lowest BCUT2D eigenvalue weighted by molar-refractivity contribution is -0.106. The Balaban J connectivity index is 0.00000135. The van der Waals surface area contributed by atoms with Crippen molar-refractivity contribution in [2.24, 2.45) is 0 Å². The Kier molecular flexibility index (Phi) is 10.4. The molecule has 5 rings (SSSR count). The standard InChI is InChI=1S/C29H32ClFN4O5.C2H4O/c1-3-4-9-34-16-22(28(37)38)27(36)21-12-23(31)26(24(30)25(21)34)33-10-5-6-17-11-19(8-7-18(17)14-33)35-15-20(13-32-2)40-29(35)39;1-2-3/h7-8,11-12,16,20,32H,3-6,9-10,13-15H2,1-2H3,(H,37,38);2H,1H3. The summed E-state index contributed by atoms with van der Waals surface area (Å²) in [6.45, 7) is 5.84. The lowest BCUT2D eigenvalue weighted by atomic mass is 10.0. The number of carbonyl (C=O) groups excluding carboxylic acids is 2. The molecule has 12 heteroatoms. The zero-order valence-corrected chi connectivity index (χ0v) is 25.2. The second kappa shape index (κ2) is 14.0. The van der Waals surface area contributed by atoms with Crippen LogP contribution in [0.2, 0.25) is 5.02 Å². The Morgan fingerprint density at radius 3 is 2.67 bits per heavy atom. The van der Waals surface area contributed by atoms with Crippen molar-refractivity contribution in [2.75, 3.05) is 36.5 Å². The van der Waals surface area contributed by atoms with Gasteiger partial charge in [-0.2, -0.15) is 0 Å². The largest absolute Gasteiger partial charge is 0.477 e. The van der Waals surface area contributed by atoms with Crippen LogP contribution < -0.4 is 20.5 Å². The van der Waals surface area contributed by atoms with Crippen LogP contribution in [0.3, 0.4) is 0 Å². The number of pyridine rings is 1. The number of aromatic nitrogens is 1. The second-order valence-electron chi connectivity index (χ2n) is 10.5. The van der Waals surface area contributed by atoms with Crippen molar-refractivity contribution in [1.29, 1.82) is 0 Å². The first-order valence-electron chi connectivity index (χ1n) is 14.3. The van der Waals surface area contributed by atoms with Gasteiger partial charge in [-0.1, -0.05) is 31.0 Å². The minimum atomic E-state index is -1.36. The van der Waals surface area contributed by atoms with Gasteiger partial charge in [-0.15, -0.1) is 0 Å². The first-order valence-corrected chi connectivity index (χ1v) is 14.7. The average Bonchev–Trinajstić information content (AvgIpc) is 3.20. The summed E-state index contributed by atoms with van der Waals surface area (Å²) in [6.07, 6.45) is 4.50. The molecule has 1 fully saturated rings. The summed E-state index contributed by atoms with van der Waals surface area (Å²) in [6, 6.07) is 6.93. The van der Waals surface area contributed by atoms with Crippen LogP contribution in [-0.2, 0) is 29.0 Å². The number of aldehydes is 1. The average molecular weight is 615 g/mol. The highest BCUT2D eigenvalue weighted by molar-refractivity contribution is 6.38. The number of halogens is 2. The van der Waals surface area contributed by atoms with E-state index in [-0.39, 0.29) is 28.3 Å². The molecule has 10 nitrogen and oxygen atoms in total. The van der Waals surface area contributed by atoms with Gasteiger partial charge < -0.3 is 29.4 Å². The van der Waals surface area contributed by atoms with Gasteiger partial charge in [0.2, 0.25) is 5.43 Å². The van der Waals surface area contributed by atoms with Crippen LogP contribution in [0.5, 0.6) is 0 Å². The number of benzene rings is 2. The highest BCUT2D eigenvalue weighted by atomic mass is 35.5. The van der Waals surface area contributed by atoms with Crippen LogP contribution >= 0.6 is 11.6 Å². The number of amides is 1. The molecule has 2 aliphatic rings. The lowest BCUT2D eigenvalue weighted by Gasteiger charge is -2.26. The van der Waals surface area contributed by atoms with Gasteiger partial charge in [0, 0.05) is 38.1 Å². The lowest BCUT2D eigenvalue weighted by Crippen LogP contribution is -2.29. The molecule has 1 saturated heterocycles. The molecule has 2 aromatic carbocycles. The maximum absolute atomic E-state index is 15.7. The number of aromatic carboxylic acids is 1. The van der Waals surface area contributed by atoms with Crippen molar-refractivity contribution in [3.63, 3.8) is 0 Å². The summed E-state index contributed by atoms with van der Waals surface area (Å²) in [5, 5.41) is 12.6. The predicted molar refractivity (Wildman–Crippen MR) is 164 cm³/mol. The SMILES string of the molecule is CC=O.CCCCn1cc(C(=O)O)c(=O)c2cc(F)c(N3CCCc4cc(N5CC(CNC)OC5=O)ccc4C3)c(Cl)c21. The minimum absolute atomic E-state index is 0.0452. The number of fused-ring (bicyclic) bond motifs is 2. The summed E-state index contributed by atoms with van der Waals surface area (Å²) >= 11 is 6.86. The van der Waals surface area contributed by atoms with E-state index >= 15 is 4.39 Å². The topological polar surface area (TPSA) is 121 Å². The number of hydrogen-bond donors (Lipinski definition) is 2. The number of ether oxygens (including phenoxy) is 1. The smallest absolute Gasteiger partial charge is 0.414 e. The number of carbonyl (C=O) groups is 3. The molecule has 2 N–H and O–H groups in total. The zero-order valence-electron chi connectivity index (χ0n) is 24.5. The van der Waals surface area contributed by atoms with Gasteiger partial charge in [-0.05, 0) is 62.6 Å². The Labute approximate surface area is 254 Å². The number of unbranched alkanes of at least 4 members (excludes halogenated alkanes) is 1. The maximum atomic E-state index is 15.7. The number of nitrogens with one attached hydrogen (secondary N) is 1. The van der Waals surface area contributed by atoms with Gasteiger partial charge >= 0.3 is 12.1 Å². The molecule has 3 aromatic rings. The molecular formula is C31H36ClFN4O6. The third kappa shape index (κ3) is 6.67. The molecular weight excluding hydrogens is 579 g/mol. The van der Waals surface area contributed by atoms with Crippen molar-refractivity contribution in [2.45, 2.75) is 58.7 Å². The monoisotopic (exact) mass is 614 g/mol. The molecule has 0 radical (unpaired) electrons. The van der Waals surface area contributed by atoms with Gasteiger partial charge in [0.15, 0.2) is 0 Å². The number of aryl methyl sites for hydroxylation is 2. The number of carboxylic acids is 1. The van der Waals surface area contributed by atoms with Crippen LogP contribution in [0.15, 0.2) is 35.3 Å². The summed E-state index contributed by atoms with van der Waals surface area (Å²) in [4.78, 5) is 49.4. The van der Waals surface area contributed by atoms with Crippen molar-refractivity contribution >= 4 is 52.2 Å². The quantitative estimate of drug-likeness (QED) is 0.340. The molecule has 1 atom stereocenters. The zero-order chi connectivity index (χ0) is 31.3. The normalized spacial score (nSPS) is 16.3. The van der Waals surface area contributed by atoms with Gasteiger partial charge in [-0.25, -0.2) is 14.0 Å². The first-order chi connectivity index (χ1) is 20.6. The number of cyclic esters (lactones) is 1. The van der Waals surface area contributed by atoms with Gasteiger partial charge in [0.25, 0.3) is 0 Å². The van der Waals surface area contributed by atoms with E-state index in [9.17, 15) is 19.5 Å². The van der Waals surface area contributed by atoms with Crippen molar-refractivity contribution in [1.82, 2.24) is 9.88 Å². The molecule has 0 bridgehead atoms. The number of nitrogens with zero attached hydrogens (tertiary/aromatic N) is 3. The fourth-order valence-electron chi connectivity index (χ4n) is 5.59. The van der Waals surface area contributed by atoms with E-state index in [1.54, 1.807) is 9.47 Å². The molecule has 43 heavy (non-hydrogen) atoms. The van der Waals surface area contributed by atoms with E-state index in [1.165, 1.54) is 13.1 Å². The molecule has 1 unspecified atom stereocenters. The molecule has 1 aromatic heterocycles. The van der Waals surface area contributed by atoms with E-state index in [4.69, 9.17) is 21.1 Å². The van der Waals surface area contributed by atoms with E-state index in [0.29, 0.717) is 38.2 Å². The summed E-state index contributed by atoms with van der Waals surface area (Å²) in [7, 11) is 1.81. The van der Waals surface area contributed by atoms with Gasteiger partial charge in [0.1, 0.15) is 23.8 Å². The highest BCUT2D eigenvalue weighted by Crippen LogP contribution is 2.38. The minimum Gasteiger partial charge on any atom is -0.477 e. The summed E-state index contributed by atoms with van der Waals surface area (Å²) in [5.74, 6) is -2.03. The maximum Gasteiger partial charge on any atom is 0.414 e. The van der Waals surface area contributed by atoms with E-state index < -0.39 is 22.8 Å². The van der Waals surface area contributed by atoms with Gasteiger partial charge in [-0.3, -0.25) is 9.69 Å². The predicted octanol–water partition coefficient (Wildman–Crippen LogP) is 4.99. The Hall–Kier alpha value is -3.96. The number of carboxylic acid groups (broad SMARTS) is 1. The van der Waals surface area contributed by atoms with E-state index in [0.717, 1.165) is 54.9 Å². The Bertz CT molecular complexity index is 1590. The number of likely N-dealkylation sites (N-methyl/N-ethyl adjacent to an activating group) is 1. The van der Waals surface area contributed by atoms with Crippen molar-refractivity contribution < 1.29 is 28.6 Å². The molecule has 230 valence electrons. The van der Waals surface area contributed by atoms with E-state index in [1.807, 2.05) is 37.1 Å². The summed E-state index contributed by atoms with van der Waals surface area (Å²) in [5.41, 5.74) is 2.18. The van der Waals surface area contributed by atoms with Crippen LogP contribution in [0.25, 0.3) is 10.9 Å². The van der Waals surface area contributed by atoms with Crippen LogP contribution in [0, 0.1) is 5.82 Å². The molecule has 2 aliphatic heterocycles. The molecule has 0 saturated carbocycles. The molecule has 1 amide bonds. The fraction of sp³-hybridized carbons (Fsp3) is 0.419. The number of hydrogen-bond acceptors (Lipinski definition) is 7. The third-order valence-electron chi connectivity index (χ3n) is 7.57. The number of rotatable bonds is 8. The fourth-order valence-corrected chi connectivity index (χ4v) is 6.01. The Morgan fingerprint density at radius 2 is 2.00 bits per heavy atom. The summed E-state index contributed by atoms with van der Waals surface area (Å²) < 4.78 is 22.8. The van der Waals surface area contributed by atoms with Crippen molar-refractivity contribution in [3.05, 3.63) is 68.2 Å². The molecule has 0 spiro atoms. The first kappa shape index (κ1) is 32.0. The van der Waals surface area contributed by atoms with Crippen LogP contribution in [-0.4, -0.2) is 60.8 Å².